The summed E-state index contributed by atoms with van der Waals surface area (Å²) < 4.78 is 8.56. The molecule has 8 heteroatoms. The molecule has 0 amide bonds. The van der Waals surface area contributed by atoms with E-state index in [1.807, 2.05) is 0 Å². The number of nitrogens with one attached hydrogen (secondary N) is 1. The van der Waals surface area contributed by atoms with Gasteiger partial charge in [-0.1, -0.05) is 19.3 Å². The van der Waals surface area contributed by atoms with Crippen LogP contribution in [0.4, 0.5) is 0 Å². The minimum atomic E-state index is -2.31. The topological polar surface area (TPSA) is 43.3 Å². The normalized spacial score (nSPS) is 34.5. The van der Waals surface area contributed by atoms with Crippen LogP contribution >= 0.6 is 7.51 Å². The molecule has 7 nitrogen and oxygen atoms in total. The smallest absolute Gasteiger partial charge is 0.166 e. The van der Waals surface area contributed by atoms with Crippen LogP contribution in [0.5, 0.6) is 0 Å². The van der Waals surface area contributed by atoms with Gasteiger partial charge in [0.25, 0.3) is 0 Å². The Balaban J connectivity index is 1.26. The van der Waals surface area contributed by atoms with Crippen molar-refractivity contribution in [2.24, 2.45) is 0 Å². The number of piperidine rings is 3. The molecule has 0 saturated carbocycles. The van der Waals surface area contributed by atoms with Crippen molar-refractivity contribution in [3.8, 4) is 0 Å². The zero-order chi connectivity index (χ0) is 25.8. The van der Waals surface area contributed by atoms with Gasteiger partial charge in [-0.3, -0.25) is 5.16 Å². The summed E-state index contributed by atoms with van der Waals surface area (Å²) in [5.41, 5.74) is 0. The summed E-state index contributed by atoms with van der Waals surface area (Å²) in [6.45, 7) is 14.9. The van der Waals surface area contributed by atoms with Gasteiger partial charge in [0, 0.05) is 57.4 Å². The minimum absolute atomic E-state index is 0.589. The third kappa shape index (κ3) is 6.25. The van der Waals surface area contributed by atoms with Crippen LogP contribution in [0.25, 0.3) is 0 Å². The van der Waals surface area contributed by atoms with E-state index in [1.165, 1.54) is 155 Å². The largest absolute Gasteiger partial charge is 0.302 e. The Bertz CT molecular complexity index is 677. The molecular formula is C30H58N7P. The second kappa shape index (κ2) is 13.3. The van der Waals surface area contributed by atoms with E-state index in [-0.39, 0.29) is 0 Å². The number of rotatable bonds is 9. The number of nitrogens with zero attached hydrogens (tertiary/aromatic N) is 6. The molecule has 0 aliphatic carbocycles. The van der Waals surface area contributed by atoms with Gasteiger partial charge in [-0.15, -0.1) is 0 Å². The number of likely N-dealkylation sites (tertiary alicyclic amines) is 3. The van der Waals surface area contributed by atoms with Gasteiger partial charge in [0.05, 0.1) is 0 Å². The molecule has 0 bridgehead atoms. The Labute approximate surface area is 234 Å². The van der Waals surface area contributed by atoms with Crippen molar-refractivity contribution >= 4 is 7.51 Å². The molecule has 0 spiro atoms. The van der Waals surface area contributed by atoms with Gasteiger partial charge < -0.3 is 14.7 Å². The van der Waals surface area contributed by atoms with Crippen LogP contribution in [0.1, 0.15) is 96.3 Å². The Morgan fingerprint density at radius 2 is 0.684 bits per heavy atom. The lowest BCUT2D eigenvalue weighted by molar-refractivity contribution is 0.156. The summed E-state index contributed by atoms with van der Waals surface area (Å²) in [5, 5.41) is 10.8. The highest BCUT2D eigenvalue weighted by atomic mass is 31.2. The van der Waals surface area contributed by atoms with E-state index in [9.17, 15) is 5.16 Å². The Hall–Kier alpha value is -0.0100. The fraction of sp³-hybridized carbons (Fsp3) is 1.00. The maximum atomic E-state index is 10.8. The summed E-state index contributed by atoms with van der Waals surface area (Å²) in [6, 6.07) is 1.77. The molecule has 38 heavy (non-hydrogen) atoms. The average Bonchev–Trinajstić information content (AvgIpc) is 3.72. The molecule has 6 rings (SSSR count). The molecule has 0 aromatic carbocycles. The van der Waals surface area contributed by atoms with Crippen LogP contribution in [0.15, 0.2) is 0 Å². The molecule has 6 saturated heterocycles. The first-order valence-corrected chi connectivity index (χ1v) is 18.5. The lowest BCUT2D eigenvalue weighted by Gasteiger charge is -2.51. The molecule has 6 heterocycles. The lowest BCUT2D eigenvalue weighted by Crippen LogP contribution is -2.52. The molecule has 1 N–H and O–H groups in total. The SMILES string of the molecule is N=P(N1CCC[C@H]1CN1CCCCC1)(N1CCC[C@H]1CN1CCCCC1)N1CCC[C@H]1CN1CCCCC1. The average molecular weight is 548 g/mol. The number of hydrogen-bond donors (Lipinski definition) is 1. The summed E-state index contributed by atoms with van der Waals surface area (Å²) in [7, 11) is -2.31. The van der Waals surface area contributed by atoms with Crippen LogP contribution in [-0.4, -0.2) is 125 Å². The highest BCUT2D eigenvalue weighted by Gasteiger charge is 2.51. The molecule has 0 aromatic heterocycles. The maximum absolute atomic E-state index is 10.8. The molecule has 0 radical (unpaired) electrons. The first kappa shape index (κ1) is 28.1. The second-order valence-electron chi connectivity index (χ2n) is 13.5. The second-order valence-corrected chi connectivity index (χ2v) is 16.2. The van der Waals surface area contributed by atoms with Crippen molar-refractivity contribution in [1.29, 1.82) is 5.16 Å². The van der Waals surface area contributed by atoms with Gasteiger partial charge in [0.2, 0.25) is 0 Å². The standard InChI is InChI=1S/C30H58N7P/c31-38(35-22-10-13-28(35)25-32-16-4-1-5-17-32,36-23-11-14-29(36)26-33-18-6-2-7-19-33)37-24-12-15-30(37)27-34-20-8-3-9-21-34/h28-31H,1-27H2/t28-,29-,30-/m0/s1. The molecule has 3 atom stereocenters. The van der Waals surface area contributed by atoms with Crippen molar-refractivity contribution in [2.75, 3.05) is 78.5 Å². The van der Waals surface area contributed by atoms with Crippen LogP contribution in [0, 0.1) is 5.16 Å². The Morgan fingerprint density at radius 3 is 0.974 bits per heavy atom. The lowest BCUT2D eigenvalue weighted by atomic mass is 10.1. The van der Waals surface area contributed by atoms with Crippen molar-refractivity contribution in [3.63, 3.8) is 0 Å². The van der Waals surface area contributed by atoms with Gasteiger partial charge in [-0.25, -0.2) is 14.0 Å². The fourth-order valence-electron chi connectivity index (χ4n) is 8.88. The quantitative estimate of drug-likeness (QED) is 0.392. The van der Waals surface area contributed by atoms with E-state index in [1.54, 1.807) is 0 Å². The predicted octanol–water partition coefficient (Wildman–Crippen LogP) is 5.36. The molecule has 218 valence electrons. The predicted molar refractivity (Wildman–Crippen MR) is 160 cm³/mol. The fourth-order valence-corrected chi connectivity index (χ4v) is 13.0. The van der Waals surface area contributed by atoms with E-state index in [0.717, 1.165) is 19.6 Å². The summed E-state index contributed by atoms with van der Waals surface area (Å²) in [6.07, 6.45) is 20.3. The van der Waals surface area contributed by atoms with Gasteiger partial charge in [0.15, 0.2) is 7.51 Å². The van der Waals surface area contributed by atoms with Gasteiger partial charge in [0.1, 0.15) is 0 Å². The maximum Gasteiger partial charge on any atom is 0.166 e. The third-order valence-electron chi connectivity index (χ3n) is 10.9. The van der Waals surface area contributed by atoms with E-state index in [4.69, 9.17) is 0 Å². The molecule has 0 aromatic rings. The van der Waals surface area contributed by atoms with Crippen LogP contribution in [-0.2, 0) is 0 Å². The zero-order valence-corrected chi connectivity index (χ0v) is 25.3. The molecule has 6 aliphatic heterocycles. The summed E-state index contributed by atoms with van der Waals surface area (Å²) >= 11 is 0. The van der Waals surface area contributed by atoms with Crippen LogP contribution in [0.3, 0.4) is 0 Å². The molecule has 6 aliphatic rings. The van der Waals surface area contributed by atoms with Crippen molar-refractivity contribution in [2.45, 2.75) is 114 Å². The first-order chi connectivity index (χ1) is 18.7. The molecule has 6 fully saturated rings. The number of hydrogen-bond acceptors (Lipinski definition) is 4. The van der Waals surface area contributed by atoms with E-state index >= 15 is 0 Å². The molecule has 0 unspecified atom stereocenters. The van der Waals surface area contributed by atoms with E-state index in [2.05, 4.69) is 28.7 Å². The minimum Gasteiger partial charge on any atom is -0.302 e. The van der Waals surface area contributed by atoms with Gasteiger partial charge in [-0.05, 0) is 116 Å². The van der Waals surface area contributed by atoms with Gasteiger partial charge in [-0.2, -0.15) is 0 Å². The Morgan fingerprint density at radius 1 is 0.395 bits per heavy atom. The first-order valence-electron chi connectivity index (χ1n) is 16.8. The van der Waals surface area contributed by atoms with Crippen molar-refractivity contribution in [1.82, 2.24) is 28.7 Å². The summed E-state index contributed by atoms with van der Waals surface area (Å²) in [4.78, 5) is 8.30. The highest BCUT2D eigenvalue weighted by Crippen LogP contribution is 2.64. The zero-order valence-electron chi connectivity index (χ0n) is 24.5. The van der Waals surface area contributed by atoms with Crippen molar-refractivity contribution in [3.05, 3.63) is 0 Å². The highest BCUT2D eigenvalue weighted by molar-refractivity contribution is 7.57. The summed E-state index contributed by atoms with van der Waals surface area (Å²) in [5.74, 6) is 0. The van der Waals surface area contributed by atoms with Crippen molar-refractivity contribution < 1.29 is 0 Å². The Kier molecular flexibility index (Phi) is 9.85. The van der Waals surface area contributed by atoms with Gasteiger partial charge >= 0.3 is 0 Å². The monoisotopic (exact) mass is 547 g/mol. The van der Waals surface area contributed by atoms with E-state index in [0.29, 0.717) is 18.1 Å². The van der Waals surface area contributed by atoms with Crippen LogP contribution in [0.2, 0.25) is 0 Å². The molecular weight excluding hydrogens is 489 g/mol. The third-order valence-corrected chi connectivity index (χ3v) is 14.6. The van der Waals surface area contributed by atoms with Crippen LogP contribution < -0.4 is 0 Å². The van der Waals surface area contributed by atoms with E-state index < -0.39 is 7.51 Å².